The summed E-state index contributed by atoms with van der Waals surface area (Å²) in [6, 6.07) is 12.2. The van der Waals surface area contributed by atoms with Crippen molar-refractivity contribution in [2.24, 2.45) is 5.92 Å². The largest absolute Gasteiger partial charge is 0.486 e. The fraction of sp³-hybridized carbons (Fsp3) is 0.381. The second-order valence-corrected chi connectivity index (χ2v) is 10.0. The van der Waals surface area contributed by atoms with Crippen LogP contribution in [0.4, 0.5) is 5.69 Å². The van der Waals surface area contributed by atoms with Crippen LogP contribution in [-0.2, 0) is 14.8 Å². The number of amides is 1. The molecule has 2 aromatic carbocycles. The molecular formula is C21H24N2O5S2. The third-order valence-electron chi connectivity index (χ3n) is 5.33. The van der Waals surface area contributed by atoms with E-state index in [1.165, 1.54) is 4.31 Å². The lowest BCUT2D eigenvalue weighted by Crippen LogP contribution is -2.41. The molecule has 0 saturated carbocycles. The maximum atomic E-state index is 12.9. The van der Waals surface area contributed by atoms with Crippen LogP contribution in [0.25, 0.3) is 0 Å². The third kappa shape index (κ3) is 4.43. The first-order valence-electron chi connectivity index (χ1n) is 9.82. The van der Waals surface area contributed by atoms with Crippen LogP contribution >= 0.6 is 11.8 Å². The molecule has 2 aromatic rings. The van der Waals surface area contributed by atoms with E-state index in [2.05, 4.69) is 5.32 Å². The number of nitrogens with one attached hydrogen (secondary N) is 1. The number of rotatable bonds is 5. The molecule has 2 aliphatic rings. The van der Waals surface area contributed by atoms with Gasteiger partial charge in [0.05, 0.1) is 4.90 Å². The highest BCUT2D eigenvalue weighted by molar-refractivity contribution is 7.98. The molecule has 4 rings (SSSR count). The number of carbonyl (C=O) groups is 1. The lowest BCUT2D eigenvalue weighted by molar-refractivity contribution is -0.120. The van der Waals surface area contributed by atoms with Crippen LogP contribution in [0.3, 0.4) is 0 Å². The zero-order valence-electron chi connectivity index (χ0n) is 16.7. The Morgan fingerprint density at radius 2 is 1.70 bits per heavy atom. The Morgan fingerprint density at radius 3 is 2.37 bits per heavy atom. The van der Waals surface area contributed by atoms with Crippen molar-refractivity contribution in [2.45, 2.75) is 22.6 Å². The van der Waals surface area contributed by atoms with Gasteiger partial charge in [0.25, 0.3) is 0 Å². The Kier molecular flexibility index (Phi) is 6.21. The van der Waals surface area contributed by atoms with Crippen LogP contribution in [0.2, 0.25) is 0 Å². The average molecular weight is 449 g/mol. The molecule has 7 nitrogen and oxygen atoms in total. The van der Waals surface area contributed by atoms with E-state index in [0.29, 0.717) is 61.2 Å². The molecule has 9 heteroatoms. The van der Waals surface area contributed by atoms with E-state index in [9.17, 15) is 13.2 Å². The maximum absolute atomic E-state index is 12.9. The summed E-state index contributed by atoms with van der Waals surface area (Å²) in [5, 5.41) is 2.91. The number of hydrogen-bond donors (Lipinski definition) is 1. The number of nitrogens with zero attached hydrogens (tertiary/aromatic N) is 1. The fourth-order valence-corrected chi connectivity index (χ4v) is 5.50. The summed E-state index contributed by atoms with van der Waals surface area (Å²) in [4.78, 5) is 14.0. The Balaban J connectivity index is 1.36. The molecule has 0 aromatic heterocycles. The molecule has 1 N–H and O–H groups in total. The number of piperidine rings is 1. The maximum Gasteiger partial charge on any atom is 0.243 e. The number of ether oxygens (including phenoxy) is 2. The number of benzene rings is 2. The van der Waals surface area contributed by atoms with Crippen molar-refractivity contribution < 1.29 is 22.7 Å². The first-order chi connectivity index (χ1) is 14.5. The Hall–Kier alpha value is -2.23. The Labute approximate surface area is 180 Å². The number of anilines is 1. The van der Waals surface area contributed by atoms with Gasteiger partial charge < -0.3 is 14.8 Å². The standard InChI is InChI=1S/C21H24N2O5S2/c1-29-17-3-5-18(6-4-17)30(25,26)23-10-8-15(9-11-23)21(24)22-16-2-7-19-20(14-16)28-13-12-27-19/h2-7,14-15H,8-13H2,1H3,(H,22,24). The zero-order valence-corrected chi connectivity index (χ0v) is 18.3. The predicted molar refractivity (Wildman–Crippen MR) is 116 cm³/mol. The van der Waals surface area contributed by atoms with Gasteiger partial charge in [0.2, 0.25) is 15.9 Å². The van der Waals surface area contributed by atoms with Crippen LogP contribution < -0.4 is 14.8 Å². The quantitative estimate of drug-likeness (QED) is 0.707. The van der Waals surface area contributed by atoms with Crippen LogP contribution in [0.1, 0.15) is 12.8 Å². The van der Waals surface area contributed by atoms with Crippen LogP contribution in [0, 0.1) is 5.92 Å². The molecule has 0 atom stereocenters. The van der Waals surface area contributed by atoms with Crippen molar-refractivity contribution in [3.8, 4) is 11.5 Å². The Bertz CT molecular complexity index is 1020. The molecule has 1 saturated heterocycles. The summed E-state index contributed by atoms with van der Waals surface area (Å²) in [5.41, 5.74) is 0.646. The third-order valence-corrected chi connectivity index (χ3v) is 7.99. The molecule has 0 unspecified atom stereocenters. The van der Waals surface area contributed by atoms with Crippen molar-refractivity contribution >= 4 is 33.4 Å². The van der Waals surface area contributed by atoms with Crippen LogP contribution in [0.5, 0.6) is 11.5 Å². The first-order valence-corrected chi connectivity index (χ1v) is 12.5. The monoisotopic (exact) mass is 448 g/mol. The minimum Gasteiger partial charge on any atom is -0.486 e. The highest BCUT2D eigenvalue weighted by Crippen LogP contribution is 2.33. The number of hydrogen-bond acceptors (Lipinski definition) is 6. The molecule has 0 radical (unpaired) electrons. The van der Waals surface area contributed by atoms with Gasteiger partial charge in [-0.3, -0.25) is 4.79 Å². The average Bonchev–Trinajstić information content (AvgIpc) is 2.79. The molecule has 0 bridgehead atoms. The molecule has 30 heavy (non-hydrogen) atoms. The molecule has 2 aliphatic heterocycles. The van der Waals surface area contributed by atoms with Gasteiger partial charge in [-0.2, -0.15) is 4.31 Å². The summed E-state index contributed by atoms with van der Waals surface area (Å²) >= 11 is 1.57. The molecule has 1 amide bonds. The summed E-state index contributed by atoms with van der Waals surface area (Å²) in [7, 11) is -3.54. The fourth-order valence-electron chi connectivity index (χ4n) is 3.62. The summed E-state index contributed by atoms with van der Waals surface area (Å²) < 4.78 is 38.3. The number of thioether (sulfide) groups is 1. The van der Waals surface area contributed by atoms with E-state index >= 15 is 0 Å². The minimum atomic E-state index is -3.54. The smallest absolute Gasteiger partial charge is 0.243 e. The van der Waals surface area contributed by atoms with E-state index in [4.69, 9.17) is 9.47 Å². The highest BCUT2D eigenvalue weighted by Gasteiger charge is 2.32. The second-order valence-electron chi connectivity index (χ2n) is 7.20. The van der Waals surface area contributed by atoms with Gasteiger partial charge in [-0.05, 0) is 55.5 Å². The lowest BCUT2D eigenvalue weighted by Gasteiger charge is -2.30. The van der Waals surface area contributed by atoms with Crippen molar-refractivity contribution in [2.75, 3.05) is 37.9 Å². The predicted octanol–water partition coefficient (Wildman–Crippen LogP) is 3.22. The highest BCUT2D eigenvalue weighted by atomic mass is 32.2. The van der Waals surface area contributed by atoms with Gasteiger partial charge in [0.15, 0.2) is 11.5 Å². The summed E-state index contributed by atoms with van der Waals surface area (Å²) in [5.74, 6) is 0.951. The molecule has 2 heterocycles. The van der Waals surface area contributed by atoms with Gasteiger partial charge >= 0.3 is 0 Å². The van der Waals surface area contributed by atoms with E-state index in [0.717, 1.165) is 4.90 Å². The van der Waals surface area contributed by atoms with Gasteiger partial charge in [0.1, 0.15) is 13.2 Å². The number of carbonyl (C=O) groups excluding carboxylic acids is 1. The van der Waals surface area contributed by atoms with E-state index < -0.39 is 10.0 Å². The van der Waals surface area contributed by atoms with E-state index in [1.807, 2.05) is 18.4 Å². The van der Waals surface area contributed by atoms with Crippen LogP contribution in [0.15, 0.2) is 52.3 Å². The van der Waals surface area contributed by atoms with E-state index in [-0.39, 0.29) is 11.8 Å². The van der Waals surface area contributed by atoms with Crippen molar-refractivity contribution in [1.29, 1.82) is 0 Å². The molecular weight excluding hydrogens is 424 g/mol. The molecule has 0 aliphatic carbocycles. The lowest BCUT2D eigenvalue weighted by atomic mass is 9.97. The number of sulfonamides is 1. The summed E-state index contributed by atoms with van der Waals surface area (Å²) in [6.07, 6.45) is 2.92. The number of fused-ring (bicyclic) bond motifs is 1. The van der Waals surface area contributed by atoms with Crippen LogP contribution in [-0.4, -0.2) is 51.2 Å². The second kappa shape index (κ2) is 8.87. The Morgan fingerprint density at radius 1 is 1.03 bits per heavy atom. The normalized spacial score (nSPS) is 17.5. The molecule has 1 fully saturated rings. The van der Waals surface area contributed by atoms with Gasteiger partial charge in [0, 0.05) is 35.7 Å². The van der Waals surface area contributed by atoms with Crippen molar-refractivity contribution in [3.05, 3.63) is 42.5 Å². The van der Waals surface area contributed by atoms with Gasteiger partial charge in [-0.15, -0.1) is 11.8 Å². The van der Waals surface area contributed by atoms with E-state index in [1.54, 1.807) is 42.1 Å². The zero-order chi connectivity index (χ0) is 21.1. The van der Waals surface area contributed by atoms with Crippen molar-refractivity contribution in [3.63, 3.8) is 0 Å². The topological polar surface area (TPSA) is 84.9 Å². The summed E-state index contributed by atoms with van der Waals surface area (Å²) in [6.45, 7) is 1.65. The van der Waals surface area contributed by atoms with Gasteiger partial charge in [-0.25, -0.2) is 8.42 Å². The minimum absolute atomic E-state index is 0.104. The van der Waals surface area contributed by atoms with Crippen molar-refractivity contribution in [1.82, 2.24) is 4.31 Å². The molecule has 160 valence electrons. The molecule has 0 spiro atoms. The van der Waals surface area contributed by atoms with Gasteiger partial charge in [-0.1, -0.05) is 0 Å². The SMILES string of the molecule is CSc1ccc(S(=O)(=O)N2CCC(C(=O)Nc3ccc4c(c3)OCCO4)CC2)cc1. The first kappa shape index (κ1) is 21.0.